The lowest BCUT2D eigenvalue weighted by Gasteiger charge is -2.13. The lowest BCUT2D eigenvalue weighted by Crippen LogP contribution is -2.30. The normalized spacial score (nSPS) is 15.0. The van der Waals surface area contributed by atoms with Crippen LogP contribution in [-0.4, -0.2) is 48.1 Å². The SMILES string of the molecule is O=C(CCN1CCCC1)NCCc1ccc(C(=O)O)cc1. The van der Waals surface area contributed by atoms with Gasteiger partial charge in [0.1, 0.15) is 0 Å². The minimum Gasteiger partial charge on any atom is -0.478 e. The zero-order valence-corrected chi connectivity index (χ0v) is 12.2. The van der Waals surface area contributed by atoms with Gasteiger partial charge in [0.15, 0.2) is 0 Å². The highest BCUT2D eigenvalue weighted by atomic mass is 16.4. The fourth-order valence-corrected chi connectivity index (χ4v) is 2.51. The second-order valence-corrected chi connectivity index (χ2v) is 5.40. The van der Waals surface area contributed by atoms with Gasteiger partial charge in [-0.2, -0.15) is 0 Å². The maximum Gasteiger partial charge on any atom is 0.335 e. The number of carbonyl (C=O) groups is 2. The molecule has 2 rings (SSSR count). The Morgan fingerprint density at radius 3 is 2.43 bits per heavy atom. The van der Waals surface area contributed by atoms with Crippen molar-refractivity contribution in [1.82, 2.24) is 10.2 Å². The Balaban J connectivity index is 1.63. The Morgan fingerprint density at radius 2 is 1.81 bits per heavy atom. The molecule has 114 valence electrons. The predicted octanol–water partition coefficient (Wildman–Crippen LogP) is 1.53. The number of hydrogen-bond donors (Lipinski definition) is 2. The molecule has 1 saturated heterocycles. The zero-order chi connectivity index (χ0) is 15.1. The summed E-state index contributed by atoms with van der Waals surface area (Å²) in [5, 5.41) is 11.7. The third-order valence-electron chi connectivity index (χ3n) is 3.79. The van der Waals surface area contributed by atoms with E-state index >= 15 is 0 Å². The molecule has 1 aromatic carbocycles. The molecule has 5 heteroatoms. The Kier molecular flexibility index (Phi) is 5.75. The van der Waals surface area contributed by atoms with E-state index < -0.39 is 5.97 Å². The molecule has 0 unspecified atom stereocenters. The first-order valence-electron chi connectivity index (χ1n) is 7.46. The number of rotatable bonds is 7. The first-order valence-corrected chi connectivity index (χ1v) is 7.46. The number of nitrogens with one attached hydrogen (secondary N) is 1. The van der Waals surface area contributed by atoms with Crippen LogP contribution in [-0.2, 0) is 11.2 Å². The van der Waals surface area contributed by atoms with Crippen molar-refractivity contribution < 1.29 is 14.7 Å². The fraction of sp³-hybridized carbons (Fsp3) is 0.500. The molecule has 21 heavy (non-hydrogen) atoms. The van der Waals surface area contributed by atoms with Gasteiger partial charge in [0.2, 0.25) is 5.91 Å². The molecule has 0 radical (unpaired) electrons. The smallest absolute Gasteiger partial charge is 0.335 e. The van der Waals surface area contributed by atoms with Gasteiger partial charge in [0, 0.05) is 19.5 Å². The van der Waals surface area contributed by atoms with E-state index in [0.717, 1.165) is 31.6 Å². The van der Waals surface area contributed by atoms with Gasteiger partial charge in [-0.05, 0) is 50.0 Å². The van der Waals surface area contributed by atoms with Crippen LogP contribution in [0.2, 0.25) is 0 Å². The lowest BCUT2D eigenvalue weighted by molar-refractivity contribution is -0.121. The molecule has 0 bridgehead atoms. The molecule has 0 aliphatic carbocycles. The summed E-state index contributed by atoms with van der Waals surface area (Å²) in [5.41, 5.74) is 1.31. The van der Waals surface area contributed by atoms with Crippen molar-refractivity contribution in [3.63, 3.8) is 0 Å². The van der Waals surface area contributed by atoms with Crippen LogP contribution in [0.5, 0.6) is 0 Å². The maximum absolute atomic E-state index is 11.7. The van der Waals surface area contributed by atoms with Crippen molar-refractivity contribution in [3.8, 4) is 0 Å². The summed E-state index contributed by atoms with van der Waals surface area (Å²) in [5.74, 6) is -0.833. The molecule has 5 nitrogen and oxygen atoms in total. The molecular formula is C16H22N2O3. The Bertz CT molecular complexity index is 479. The highest BCUT2D eigenvalue weighted by Gasteiger charge is 2.12. The number of hydrogen-bond acceptors (Lipinski definition) is 3. The molecule has 0 aromatic heterocycles. The number of carbonyl (C=O) groups excluding carboxylic acids is 1. The van der Waals surface area contributed by atoms with E-state index in [2.05, 4.69) is 10.2 Å². The minimum absolute atomic E-state index is 0.0871. The van der Waals surface area contributed by atoms with Crippen LogP contribution in [0, 0.1) is 0 Å². The number of aromatic carboxylic acids is 1. The first-order chi connectivity index (χ1) is 10.1. The average Bonchev–Trinajstić information content (AvgIpc) is 2.99. The van der Waals surface area contributed by atoms with Crippen LogP contribution in [0.3, 0.4) is 0 Å². The van der Waals surface area contributed by atoms with Gasteiger partial charge >= 0.3 is 5.97 Å². The van der Waals surface area contributed by atoms with Crippen molar-refractivity contribution in [3.05, 3.63) is 35.4 Å². The standard InChI is InChI=1S/C16H22N2O3/c19-15(8-12-18-10-1-2-11-18)17-9-7-13-3-5-14(6-4-13)16(20)21/h3-6H,1-2,7-12H2,(H,17,19)(H,20,21). The number of benzene rings is 1. The second-order valence-electron chi connectivity index (χ2n) is 5.40. The summed E-state index contributed by atoms with van der Waals surface area (Å²) >= 11 is 0. The summed E-state index contributed by atoms with van der Waals surface area (Å²) in [7, 11) is 0. The monoisotopic (exact) mass is 290 g/mol. The highest BCUT2D eigenvalue weighted by Crippen LogP contribution is 2.07. The van der Waals surface area contributed by atoms with Crippen molar-refractivity contribution in [2.45, 2.75) is 25.7 Å². The van der Waals surface area contributed by atoms with Gasteiger partial charge in [-0.3, -0.25) is 4.79 Å². The lowest BCUT2D eigenvalue weighted by atomic mass is 10.1. The number of amides is 1. The first kappa shape index (κ1) is 15.5. The number of likely N-dealkylation sites (tertiary alicyclic amines) is 1. The van der Waals surface area contributed by atoms with Crippen molar-refractivity contribution in [2.75, 3.05) is 26.2 Å². The van der Waals surface area contributed by atoms with Crippen LogP contribution in [0.1, 0.15) is 35.2 Å². The van der Waals surface area contributed by atoms with Crippen LogP contribution in [0.15, 0.2) is 24.3 Å². The van der Waals surface area contributed by atoms with E-state index in [0.29, 0.717) is 13.0 Å². The number of carboxylic acid groups (broad SMARTS) is 1. The number of carboxylic acids is 1. The number of nitrogens with zero attached hydrogens (tertiary/aromatic N) is 1. The summed E-state index contributed by atoms with van der Waals surface area (Å²) in [6.45, 7) is 3.66. The topological polar surface area (TPSA) is 69.6 Å². The Morgan fingerprint density at radius 1 is 1.14 bits per heavy atom. The molecule has 0 atom stereocenters. The third kappa shape index (κ3) is 5.19. The van der Waals surface area contributed by atoms with Gasteiger partial charge in [0.05, 0.1) is 5.56 Å². The second kappa shape index (κ2) is 7.78. The molecule has 1 fully saturated rings. The van der Waals surface area contributed by atoms with E-state index in [1.54, 1.807) is 24.3 Å². The summed E-state index contributed by atoms with van der Waals surface area (Å²) in [4.78, 5) is 24.8. The van der Waals surface area contributed by atoms with E-state index in [9.17, 15) is 9.59 Å². The Labute approximate surface area is 125 Å². The summed E-state index contributed by atoms with van der Waals surface area (Å²) < 4.78 is 0. The minimum atomic E-state index is -0.920. The van der Waals surface area contributed by atoms with E-state index in [1.165, 1.54) is 12.8 Å². The zero-order valence-electron chi connectivity index (χ0n) is 12.2. The van der Waals surface area contributed by atoms with Gasteiger partial charge in [-0.25, -0.2) is 4.79 Å². The fourth-order valence-electron chi connectivity index (χ4n) is 2.51. The molecule has 0 spiro atoms. The molecule has 1 aliphatic rings. The van der Waals surface area contributed by atoms with Gasteiger partial charge in [0.25, 0.3) is 0 Å². The average molecular weight is 290 g/mol. The summed E-state index contributed by atoms with van der Waals surface area (Å²) in [6, 6.07) is 6.76. The van der Waals surface area contributed by atoms with E-state index in [1.807, 2.05) is 0 Å². The van der Waals surface area contributed by atoms with E-state index in [-0.39, 0.29) is 11.5 Å². The highest BCUT2D eigenvalue weighted by molar-refractivity contribution is 5.87. The van der Waals surface area contributed by atoms with Gasteiger partial charge < -0.3 is 15.3 Å². The molecular weight excluding hydrogens is 268 g/mol. The molecule has 1 aromatic rings. The van der Waals surface area contributed by atoms with Crippen LogP contribution >= 0.6 is 0 Å². The van der Waals surface area contributed by atoms with Crippen LogP contribution in [0.4, 0.5) is 0 Å². The molecule has 1 amide bonds. The quantitative estimate of drug-likeness (QED) is 0.799. The van der Waals surface area contributed by atoms with Gasteiger partial charge in [-0.15, -0.1) is 0 Å². The molecule has 1 heterocycles. The van der Waals surface area contributed by atoms with Crippen molar-refractivity contribution in [1.29, 1.82) is 0 Å². The molecule has 2 N–H and O–H groups in total. The van der Waals surface area contributed by atoms with Gasteiger partial charge in [-0.1, -0.05) is 12.1 Å². The van der Waals surface area contributed by atoms with Crippen molar-refractivity contribution >= 4 is 11.9 Å². The van der Waals surface area contributed by atoms with E-state index in [4.69, 9.17) is 5.11 Å². The predicted molar refractivity (Wildman–Crippen MR) is 80.4 cm³/mol. The maximum atomic E-state index is 11.7. The molecule has 1 aliphatic heterocycles. The van der Waals surface area contributed by atoms with Crippen LogP contribution in [0.25, 0.3) is 0 Å². The largest absolute Gasteiger partial charge is 0.478 e. The van der Waals surface area contributed by atoms with Crippen LogP contribution < -0.4 is 5.32 Å². The third-order valence-corrected chi connectivity index (χ3v) is 3.79. The Hall–Kier alpha value is -1.88. The molecule has 0 saturated carbocycles. The summed E-state index contributed by atoms with van der Waals surface area (Å²) in [6.07, 6.45) is 3.76. The van der Waals surface area contributed by atoms with Crippen molar-refractivity contribution in [2.24, 2.45) is 0 Å².